The van der Waals surface area contributed by atoms with Crippen molar-refractivity contribution in [3.05, 3.63) is 138 Å². The lowest BCUT2D eigenvalue weighted by Crippen LogP contribution is -2.46. The molecule has 40 heavy (non-hydrogen) atoms. The molecule has 1 aromatic heterocycles. The number of benzene rings is 4. The van der Waals surface area contributed by atoms with Crippen LogP contribution in [-0.2, 0) is 6.54 Å². The van der Waals surface area contributed by atoms with Crippen molar-refractivity contribution in [2.24, 2.45) is 0 Å². The standard InChI is InChI=1S/C36H37N3O/c40-36-35-27-33(19-18-32(35)28-39(36)21-10-13-29-11-4-1-5-12-29)38-25-23-37(24-26-38)22-20-34(30-14-6-2-7-15-30)31-16-8-3-9-17-31/h1-19,27-28,34,40H,20-26H2. The molecule has 1 aliphatic heterocycles. The van der Waals surface area contributed by atoms with Gasteiger partial charge in [0, 0.05) is 61.3 Å². The normalized spacial score (nSPS) is 14.5. The van der Waals surface area contributed by atoms with Crippen molar-refractivity contribution in [1.29, 1.82) is 0 Å². The third-order valence-corrected chi connectivity index (χ3v) is 8.13. The Hall–Kier alpha value is -4.28. The number of hydrogen-bond acceptors (Lipinski definition) is 3. The molecule has 0 unspecified atom stereocenters. The van der Waals surface area contributed by atoms with E-state index in [1.165, 1.54) is 16.8 Å². The van der Waals surface area contributed by atoms with E-state index in [4.69, 9.17) is 0 Å². The summed E-state index contributed by atoms with van der Waals surface area (Å²) < 4.78 is 1.92. The van der Waals surface area contributed by atoms with E-state index >= 15 is 0 Å². The molecule has 1 saturated heterocycles. The van der Waals surface area contributed by atoms with E-state index in [0.717, 1.165) is 55.5 Å². The maximum absolute atomic E-state index is 11.0. The highest BCUT2D eigenvalue weighted by atomic mass is 16.3. The fourth-order valence-electron chi connectivity index (χ4n) is 5.87. The maximum Gasteiger partial charge on any atom is 0.199 e. The molecule has 4 heteroatoms. The summed E-state index contributed by atoms with van der Waals surface area (Å²) in [5, 5.41) is 13.0. The molecule has 5 aromatic rings. The highest BCUT2D eigenvalue weighted by Crippen LogP contribution is 2.32. The van der Waals surface area contributed by atoms with E-state index in [-0.39, 0.29) is 0 Å². The van der Waals surface area contributed by atoms with Gasteiger partial charge in [0.2, 0.25) is 0 Å². The molecular formula is C36H37N3O. The zero-order chi connectivity index (χ0) is 27.1. The largest absolute Gasteiger partial charge is 0.494 e. The summed E-state index contributed by atoms with van der Waals surface area (Å²) in [5.41, 5.74) is 5.13. The maximum atomic E-state index is 11.0. The summed E-state index contributed by atoms with van der Waals surface area (Å²) in [6.45, 7) is 5.80. The zero-order valence-corrected chi connectivity index (χ0v) is 22.9. The Balaban J connectivity index is 1.07. The van der Waals surface area contributed by atoms with Gasteiger partial charge in [-0.1, -0.05) is 109 Å². The first-order chi connectivity index (χ1) is 19.7. The van der Waals surface area contributed by atoms with Gasteiger partial charge in [-0.25, -0.2) is 0 Å². The number of piperazine rings is 1. The molecular weight excluding hydrogens is 490 g/mol. The molecule has 1 fully saturated rings. The van der Waals surface area contributed by atoms with Crippen LogP contribution in [0.3, 0.4) is 0 Å². The molecule has 1 N–H and O–H groups in total. The van der Waals surface area contributed by atoms with Gasteiger partial charge in [0.15, 0.2) is 5.88 Å². The average Bonchev–Trinajstić information content (AvgIpc) is 3.33. The van der Waals surface area contributed by atoms with Crippen LogP contribution in [0, 0.1) is 0 Å². The number of anilines is 1. The van der Waals surface area contributed by atoms with E-state index in [2.05, 4.69) is 113 Å². The van der Waals surface area contributed by atoms with Crippen LogP contribution < -0.4 is 4.90 Å². The van der Waals surface area contributed by atoms with E-state index in [0.29, 0.717) is 18.3 Å². The van der Waals surface area contributed by atoms with Gasteiger partial charge in [-0.15, -0.1) is 0 Å². The van der Waals surface area contributed by atoms with Crippen LogP contribution in [0.4, 0.5) is 5.69 Å². The van der Waals surface area contributed by atoms with Crippen molar-refractivity contribution in [1.82, 2.24) is 9.47 Å². The fraction of sp³-hybridized carbons (Fsp3) is 0.222. The molecule has 2 heterocycles. The Bertz CT molecular complexity index is 1500. The van der Waals surface area contributed by atoms with Crippen LogP contribution in [0.25, 0.3) is 16.8 Å². The minimum atomic E-state index is 0.334. The molecule has 0 atom stereocenters. The minimum Gasteiger partial charge on any atom is -0.494 e. The van der Waals surface area contributed by atoms with Crippen LogP contribution in [0.1, 0.15) is 29.0 Å². The Morgan fingerprint density at radius 3 is 2.00 bits per heavy atom. The van der Waals surface area contributed by atoms with Crippen molar-refractivity contribution >= 4 is 22.5 Å². The lowest BCUT2D eigenvalue weighted by molar-refractivity contribution is 0.251. The van der Waals surface area contributed by atoms with Gasteiger partial charge in [0.25, 0.3) is 0 Å². The van der Waals surface area contributed by atoms with Crippen LogP contribution in [0.2, 0.25) is 0 Å². The van der Waals surface area contributed by atoms with Gasteiger partial charge < -0.3 is 14.6 Å². The number of aromatic hydroxyl groups is 1. The highest BCUT2D eigenvalue weighted by Gasteiger charge is 2.21. The Kier molecular flexibility index (Phi) is 7.97. The van der Waals surface area contributed by atoms with Crippen molar-refractivity contribution in [2.45, 2.75) is 18.9 Å². The zero-order valence-electron chi connectivity index (χ0n) is 22.9. The van der Waals surface area contributed by atoms with Gasteiger partial charge in [-0.05, 0) is 41.8 Å². The first-order valence-corrected chi connectivity index (χ1v) is 14.4. The Labute approximate surface area is 237 Å². The second kappa shape index (κ2) is 12.3. The number of nitrogens with zero attached hydrogens (tertiary/aromatic N) is 3. The smallest absolute Gasteiger partial charge is 0.199 e. The van der Waals surface area contributed by atoms with Crippen LogP contribution >= 0.6 is 0 Å². The summed E-state index contributed by atoms with van der Waals surface area (Å²) in [4.78, 5) is 5.05. The highest BCUT2D eigenvalue weighted by molar-refractivity contribution is 5.90. The first kappa shape index (κ1) is 26.0. The Morgan fingerprint density at radius 2 is 1.35 bits per heavy atom. The summed E-state index contributed by atoms with van der Waals surface area (Å²) in [6, 6.07) is 38.6. The number of fused-ring (bicyclic) bond motifs is 1. The topological polar surface area (TPSA) is 31.6 Å². The second-order valence-electron chi connectivity index (χ2n) is 10.7. The third kappa shape index (κ3) is 5.98. The predicted molar refractivity (Wildman–Crippen MR) is 167 cm³/mol. The van der Waals surface area contributed by atoms with Crippen molar-refractivity contribution < 1.29 is 5.11 Å². The molecule has 0 radical (unpaired) electrons. The van der Waals surface area contributed by atoms with Crippen LogP contribution in [-0.4, -0.2) is 47.3 Å². The predicted octanol–water partition coefficient (Wildman–Crippen LogP) is 7.40. The SMILES string of the molecule is Oc1c2cc(N3CCN(CCC(c4ccccc4)c4ccccc4)CC3)ccc2cn1CC=Cc1ccccc1. The van der Waals surface area contributed by atoms with E-state index in [1.807, 2.05) is 29.0 Å². The lowest BCUT2D eigenvalue weighted by Gasteiger charge is -2.36. The van der Waals surface area contributed by atoms with Gasteiger partial charge in [-0.3, -0.25) is 4.90 Å². The fourth-order valence-corrected chi connectivity index (χ4v) is 5.87. The Morgan fingerprint density at radius 1 is 0.725 bits per heavy atom. The van der Waals surface area contributed by atoms with E-state index < -0.39 is 0 Å². The number of allylic oxidation sites excluding steroid dienone is 1. The number of hydrogen-bond donors (Lipinski definition) is 1. The first-order valence-electron chi connectivity index (χ1n) is 14.4. The molecule has 4 nitrogen and oxygen atoms in total. The van der Waals surface area contributed by atoms with Gasteiger partial charge in [0.05, 0.1) is 0 Å². The molecule has 0 aliphatic carbocycles. The number of aromatic nitrogens is 1. The lowest BCUT2D eigenvalue weighted by atomic mass is 9.88. The van der Waals surface area contributed by atoms with Crippen LogP contribution in [0.15, 0.2) is 121 Å². The van der Waals surface area contributed by atoms with Crippen LogP contribution in [0.5, 0.6) is 5.88 Å². The van der Waals surface area contributed by atoms with Crippen molar-refractivity contribution in [2.75, 3.05) is 37.6 Å². The third-order valence-electron chi connectivity index (χ3n) is 8.13. The van der Waals surface area contributed by atoms with Crippen molar-refractivity contribution in [3.8, 4) is 5.88 Å². The van der Waals surface area contributed by atoms with Gasteiger partial charge in [0.1, 0.15) is 0 Å². The molecule has 6 rings (SSSR count). The van der Waals surface area contributed by atoms with Crippen molar-refractivity contribution in [3.63, 3.8) is 0 Å². The second-order valence-corrected chi connectivity index (χ2v) is 10.7. The molecule has 4 aromatic carbocycles. The average molecular weight is 528 g/mol. The van der Waals surface area contributed by atoms with Gasteiger partial charge in [-0.2, -0.15) is 0 Å². The molecule has 0 saturated carbocycles. The molecule has 1 aliphatic rings. The number of rotatable bonds is 9. The molecule has 202 valence electrons. The van der Waals surface area contributed by atoms with E-state index in [9.17, 15) is 5.11 Å². The summed E-state index contributed by atoms with van der Waals surface area (Å²) in [5.74, 6) is 0.749. The molecule has 0 amide bonds. The summed E-state index contributed by atoms with van der Waals surface area (Å²) >= 11 is 0. The molecule has 0 spiro atoms. The summed E-state index contributed by atoms with van der Waals surface area (Å²) in [6.07, 6.45) is 7.34. The summed E-state index contributed by atoms with van der Waals surface area (Å²) in [7, 11) is 0. The van der Waals surface area contributed by atoms with Gasteiger partial charge >= 0.3 is 0 Å². The van der Waals surface area contributed by atoms with E-state index in [1.54, 1.807) is 0 Å². The quantitative estimate of drug-likeness (QED) is 0.217. The minimum absolute atomic E-state index is 0.334. The monoisotopic (exact) mass is 527 g/mol. The molecule has 0 bridgehead atoms.